The Balaban J connectivity index is 1.83. The zero-order valence-electron chi connectivity index (χ0n) is 12.8. The second kappa shape index (κ2) is 8.51. The van der Waals surface area contributed by atoms with Gasteiger partial charge in [0.2, 0.25) is 5.91 Å². The first-order chi connectivity index (χ1) is 10.7. The monoisotopic (exact) mass is 306 g/mol. The predicted octanol–water partition coefficient (Wildman–Crippen LogP) is 1.57. The normalized spacial score (nSPS) is 13.7. The van der Waals surface area contributed by atoms with E-state index in [9.17, 15) is 9.59 Å². The largest absolute Gasteiger partial charge is 0.379 e. The number of benzene rings is 1. The molecule has 1 fully saturated rings. The molecule has 120 valence electrons. The molecular formula is C16H22N2O4. The number of nitrogens with one attached hydrogen (secondary N) is 2. The molecule has 1 aromatic carbocycles. The molecule has 1 aromatic rings. The van der Waals surface area contributed by atoms with Gasteiger partial charge in [-0.05, 0) is 31.9 Å². The third-order valence-corrected chi connectivity index (χ3v) is 3.17. The molecule has 22 heavy (non-hydrogen) atoms. The van der Waals surface area contributed by atoms with Crippen LogP contribution in [0.2, 0.25) is 0 Å². The molecule has 2 rings (SSSR count). The summed E-state index contributed by atoms with van der Waals surface area (Å²) < 4.78 is 10.3. The summed E-state index contributed by atoms with van der Waals surface area (Å²) in [4.78, 5) is 24.0. The first-order valence-corrected chi connectivity index (χ1v) is 7.56. The van der Waals surface area contributed by atoms with Crippen LogP contribution in [-0.2, 0) is 14.3 Å². The van der Waals surface area contributed by atoms with Crippen LogP contribution in [0.25, 0.3) is 0 Å². The summed E-state index contributed by atoms with van der Waals surface area (Å²) in [5, 5.41) is 5.62. The van der Waals surface area contributed by atoms with Gasteiger partial charge in [0.25, 0.3) is 5.91 Å². The van der Waals surface area contributed by atoms with Crippen LogP contribution in [0.5, 0.6) is 0 Å². The Kier molecular flexibility index (Phi) is 6.36. The van der Waals surface area contributed by atoms with Crippen LogP contribution in [0.3, 0.4) is 0 Å². The molecule has 1 aliphatic rings. The maximum atomic E-state index is 12.1. The lowest BCUT2D eigenvalue weighted by Crippen LogP contribution is -2.27. The van der Waals surface area contributed by atoms with Gasteiger partial charge in [0.05, 0.1) is 24.5 Å². The average Bonchev–Trinajstić information content (AvgIpc) is 3.31. The van der Waals surface area contributed by atoms with Crippen molar-refractivity contribution in [2.24, 2.45) is 0 Å². The number of amides is 2. The van der Waals surface area contributed by atoms with E-state index in [0.29, 0.717) is 31.1 Å². The van der Waals surface area contributed by atoms with Gasteiger partial charge in [-0.3, -0.25) is 9.59 Å². The molecule has 0 heterocycles. The SMILES string of the molecule is CCOCCOCC(=O)Nc1ccccc1C(=O)NC1CC1. The van der Waals surface area contributed by atoms with Crippen LogP contribution >= 0.6 is 0 Å². The van der Waals surface area contributed by atoms with Gasteiger partial charge in [0.1, 0.15) is 6.61 Å². The number of rotatable bonds is 9. The highest BCUT2D eigenvalue weighted by Gasteiger charge is 2.24. The molecule has 0 unspecified atom stereocenters. The first kappa shape index (κ1) is 16.5. The Bertz CT molecular complexity index is 515. The highest BCUT2D eigenvalue weighted by molar-refractivity contribution is 6.04. The highest BCUT2D eigenvalue weighted by Crippen LogP contribution is 2.21. The number of para-hydroxylation sites is 1. The molecule has 1 aliphatic carbocycles. The van der Waals surface area contributed by atoms with E-state index in [0.717, 1.165) is 12.8 Å². The van der Waals surface area contributed by atoms with Gasteiger partial charge in [0, 0.05) is 12.6 Å². The number of carbonyl (C=O) groups excluding carboxylic acids is 2. The van der Waals surface area contributed by atoms with Gasteiger partial charge < -0.3 is 20.1 Å². The maximum absolute atomic E-state index is 12.1. The molecule has 0 aliphatic heterocycles. The lowest BCUT2D eigenvalue weighted by atomic mass is 10.1. The van der Waals surface area contributed by atoms with Crippen LogP contribution in [0.1, 0.15) is 30.1 Å². The number of ether oxygens (including phenoxy) is 2. The average molecular weight is 306 g/mol. The van der Waals surface area contributed by atoms with Crippen molar-refractivity contribution in [3.63, 3.8) is 0 Å². The molecule has 0 bridgehead atoms. The van der Waals surface area contributed by atoms with Crippen molar-refractivity contribution in [2.45, 2.75) is 25.8 Å². The van der Waals surface area contributed by atoms with E-state index in [-0.39, 0.29) is 24.5 Å². The van der Waals surface area contributed by atoms with E-state index in [1.807, 2.05) is 6.92 Å². The van der Waals surface area contributed by atoms with E-state index in [1.165, 1.54) is 0 Å². The van der Waals surface area contributed by atoms with E-state index in [1.54, 1.807) is 24.3 Å². The number of carbonyl (C=O) groups is 2. The van der Waals surface area contributed by atoms with Gasteiger partial charge >= 0.3 is 0 Å². The predicted molar refractivity (Wildman–Crippen MR) is 82.9 cm³/mol. The Morgan fingerprint density at radius 2 is 1.91 bits per heavy atom. The molecule has 6 nitrogen and oxygen atoms in total. The van der Waals surface area contributed by atoms with Gasteiger partial charge in [-0.25, -0.2) is 0 Å². The van der Waals surface area contributed by atoms with E-state index in [4.69, 9.17) is 9.47 Å². The summed E-state index contributed by atoms with van der Waals surface area (Å²) in [6, 6.07) is 7.23. The van der Waals surface area contributed by atoms with Crippen molar-refractivity contribution in [1.29, 1.82) is 0 Å². The van der Waals surface area contributed by atoms with Crippen LogP contribution in [-0.4, -0.2) is 44.3 Å². The van der Waals surface area contributed by atoms with Crippen molar-refractivity contribution in [3.8, 4) is 0 Å². The summed E-state index contributed by atoms with van der Waals surface area (Å²) in [7, 11) is 0. The Labute approximate surface area is 130 Å². The summed E-state index contributed by atoms with van der Waals surface area (Å²) >= 11 is 0. The van der Waals surface area contributed by atoms with Crippen LogP contribution < -0.4 is 10.6 Å². The molecule has 0 saturated heterocycles. The van der Waals surface area contributed by atoms with Crippen molar-refractivity contribution in [2.75, 3.05) is 31.7 Å². The van der Waals surface area contributed by atoms with Gasteiger partial charge in [-0.1, -0.05) is 12.1 Å². The molecule has 0 aromatic heterocycles. The van der Waals surface area contributed by atoms with Crippen LogP contribution in [0.4, 0.5) is 5.69 Å². The summed E-state index contributed by atoms with van der Waals surface area (Å²) in [5.41, 5.74) is 0.969. The minimum Gasteiger partial charge on any atom is -0.379 e. The summed E-state index contributed by atoms with van der Waals surface area (Å²) in [5.74, 6) is -0.446. The third kappa shape index (κ3) is 5.46. The lowest BCUT2D eigenvalue weighted by Gasteiger charge is -2.11. The van der Waals surface area contributed by atoms with Crippen molar-refractivity contribution >= 4 is 17.5 Å². The fourth-order valence-electron chi connectivity index (χ4n) is 1.89. The summed E-state index contributed by atoms with van der Waals surface area (Å²) in [6.45, 7) is 3.29. The maximum Gasteiger partial charge on any atom is 0.253 e. The van der Waals surface area contributed by atoms with E-state index in [2.05, 4.69) is 10.6 Å². The quantitative estimate of drug-likeness (QED) is 0.679. The van der Waals surface area contributed by atoms with Crippen molar-refractivity contribution in [3.05, 3.63) is 29.8 Å². The van der Waals surface area contributed by atoms with E-state index >= 15 is 0 Å². The van der Waals surface area contributed by atoms with E-state index < -0.39 is 0 Å². The molecule has 2 amide bonds. The fraction of sp³-hybridized carbons (Fsp3) is 0.500. The Morgan fingerprint density at radius 3 is 2.64 bits per heavy atom. The third-order valence-electron chi connectivity index (χ3n) is 3.17. The van der Waals surface area contributed by atoms with Gasteiger partial charge in [-0.2, -0.15) is 0 Å². The fourth-order valence-corrected chi connectivity index (χ4v) is 1.89. The molecule has 2 N–H and O–H groups in total. The second-order valence-electron chi connectivity index (χ2n) is 5.09. The Morgan fingerprint density at radius 1 is 1.18 bits per heavy atom. The topological polar surface area (TPSA) is 76.7 Å². The molecule has 1 saturated carbocycles. The molecule has 0 spiro atoms. The second-order valence-corrected chi connectivity index (χ2v) is 5.09. The zero-order valence-corrected chi connectivity index (χ0v) is 12.8. The molecule has 0 radical (unpaired) electrons. The molecular weight excluding hydrogens is 284 g/mol. The smallest absolute Gasteiger partial charge is 0.253 e. The minimum absolute atomic E-state index is 0.0638. The zero-order chi connectivity index (χ0) is 15.8. The van der Waals surface area contributed by atoms with Crippen molar-refractivity contribution < 1.29 is 19.1 Å². The van der Waals surface area contributed by atoms with Gasteiger partial charge in [-0.15, -0.1) is 0 Å². The standard InChI is InChI=1S/C16H22N2O4/c1-2-21-9-10-22-11-15(19)18-14-6-4-3-5-13(14)16(20)17-12-7-8-12/h3-6,12H,2,7-11H2,1H3,(H,17,20)(H,18,19). The molecule has 6 heteroatoms. The number of hydrogen-bond acceptors (Lipinski definition) is 4. The van der Waals surface area contributed by atoms with Crippen molar-refractivity contribution in [1.82, 2.24) is 5.32 Å². The van der Waals surface area contributed by atoms with Gasteiger partial charge in [0.15, 0.2) is 0 Å². The number of hydrogen-bond donors (Lipinski definition) is 2. The highest BCUT2D eigenvalue weighted by atomic mass is 16.5. The Hall–Kier alpha value is -1.92. The van der Waals surface area contributed by atoms with Crippen LogP contribution in [0, 0.1) is 0 Å². The lowest BCUT2D eigenvalue weighted by molar-refractivity contribution is -0.121. The first-order valence-electron chi connectivity index (χ1n) is 7.56. The summed E-state index contributed by atoms with van der Waals surface area (Å²) in [6.07, 6.45) is 2.04. The minimum atomic E-state index is -0.289. The van der Waals surface area contributed by atoms with Crippen LogP contribution in [0.15, 0.2) is 24.3 Å². The number of anilines is 1. The molecule has 0 atom stereocenters.